The predicted octanol–water partition coefficient (Wildman–Crippen LogP) is 7.95. The molecular weight excluding hydrogens is 753 g/mol. The Bertz CT molecular complexity index is 2250. The molecule has 13 heteroatoms. The van der Waals surface area contributed by atoms with Crippen molar-refractivity contribution in [1.82, 2.24) is 5.01 Å². The molecule has 2 heterocycles. The lowest BCUT2D eigenvalue weighted by Crippen LogP contribution is -2.53. The Kier molecular flexibility index (Phi) is 9.11. The fourth-order valence-electron chi connectivity index (χ4n) is 9.08. The number of allylic oxidation sites excluding steroid dienone is 2. The second-order valence-corrected chi connectivity index (χ2v) is 15.1. The zero-order valence-corrected chi connectivity index (χ0v) is 31.4. The van der Waals surface area contributed by atoms with Crippen LogP contribution in [-0.4, -0.2) is 47.5 Å². The van der Waals surface area contributed by atoms with Gasteiger partial charge in [0.05, 0.1) is 53.3 Å². The highest BCUT2D eigenvalue weighted by Crippen LogP contribution is 2.65. The number of carbonyl (C=O) groups is 4. The normalized spacial score (nSPS) is 25.9. The summed E-state index contributed by atoms with van der Waals surface area (Å²) in [5.74, 6) is -5.56. The molecule has 0 aromatic heterocycles. The molecular formula is C41H34Cl3N3O7. The fraction of sp³-hybridized carbons (Fsp3) is 0.268. The summed E-state index contributed by atoms with van der Waals surface area (Å²) in [5, 5.41) is 14.0. The number of nitrogens with zero attached hydrogens (tertiary/aromatic N) is 2. The van der Waals surface area contributed by atoms with Crippen LogP contribution in [0.15, 0.2) is 96.6 Å². The van der Waals surface area contributed by atoms with Crippen LogP contribution >= 0.6 is 34.8 Å². The maximum atomic E-state index is 15.5. The first-order valence-corrected chi connectivity index (χ1v) is 18.7. The molecule has 2 N–H and O–H groups in total. The topological polar surface area (TPSA) is 125 Å². The summed E-state index contributed by atoms with van der Waals surface area (Å²) in [6, 6.07) is 23.2. The number of amides is 4. The second kappa shape index (κ2) is 13.7. The molecule has 6 atom stereocenters. The Morgan fingerprint density at radius 3 is 2.28 bits per heavy atom. The number of nitrogens with one attached hydrogen (secondary N) is 1. The van der Waals surface area contributed by atoms with E-state index in [0.29, 0.717) is 38.2 Å². The minimum atomic E-state index is -1.64. The summed E-state index contributed by atoms with van der Waals surface area (Å²) in [4.78, 5) is 60.2. The highest BCUT2D eigenvalue weighted by molar-refractivity contribution is 6.36. The van der Waals surface area contributed by atoms with Gasteiger partial charge in [-0.15, -0.1) is 0 Å². The van der Waals surface area contributed by atoms with Gasteiger partial charge in [0.1, 0.15) is 5.75 Å². The van der Waals surface area contributed by atoms with Crippen molar-refractivity contribution in [2.75, 3.05) is 24.0 Å². The number of benzene rings is 4. The molecule has 276 valence electrons. The number of fused-ring (bicyclic) bond motifs is 4. The van der Waals surface area contributed by atoms with Gasteiger partial charge >= 0.3 is 0 Å². The number of anilines is 2. The summed E-state index contributed by atoms with van der Waals surface area (Å²) in [6.45, 7) is 2.05. The van der Waals surface area contributed by atoms with Crippen molar-refractivity contribution in [3.8, 4) is 17.2 Å². The number of hydrazine groups is 1. The van der Waals surface area contributed by atoms with Gasteiger partial charge in [0.2, 0.25) is 11.8 Å². The number of rotatable bonds is 8. The van der Waals surface area contributed by atoms with E-state index in [1.165, 1.54) is 18.1 Å². The van der Waals surface area contributed by atoms with Gasteiger partial charge < -0.3 is 14.6 Å². The van der Waals surface area contributed by atoms with Crippen LogP contribution in [0, 0.1) is 23.7 Å². The molecule has 0 radical (unpaired) electrons. The van der Waals surface area contributed by atoms with Gasteiger partial charge in [0, 0.05) is 21.5 Å². The van der Waals surface area contributed by atoms with Crippen molar-refractivity contribution in [3.05, 3.63) is 123 Å². The Labute approximate surface area is 326 Å². The summed E-state index contributed by atoms with van der Waals surface area (Å²) >= 11 is 18.9. The zero-order chi connectivity index (χ0) is 38.1. The number of methoxy groups -OCH3 is 1. The first-order valence-electron chi connectivity index (χ1n) is 17.5. The lowest BCUT2D eigenvalue weighted by Gasteiger charge is -2.50. The first kappa shape index (κ1) is 36.0. The van der Waals surface area contributed by atoms with Gasteiger partial charge in [-0.05, 0) is 91.9 Å². The van der Waals surface area contributed by atoms with E-state index in [9.17, 15) is 19.5 Å². The molecule has 4 aliphatic rings. The van der Waals surface area contributed by atoms with Crippen LogP contribution in [0.1, 0.15) is 36.8 Å². The van der Waals surface area contributed by atoms with Crippen molar-refractivity contribution < 1.29 is 33.8 Å². The van der Waals surface area contributed by atoms with Crippen LogP contribution in [0.4, 0.5) is 11.4 Å². The molecule has 1 saturated carbocycles. The molecule has 8 rings (SSSR count). The van der Waals surface area contributed by atoms with Crippen molar-refractivity contribution in [3.63, 3.8) is 0 Å². The number of ether oxygens (including phenoxy) is 2. The fourth-order valence-corrected chi connectivity index (χ4v) is 9.65. The van der Waals surface area contributed by atoms with Crippen LogP contribution in [0.25, 0.3) is 0 Å². The third-order valence-corrected chi connectivity index (χ3v) is 12.1. The maximum absolute atomic E-state index is 15.5. The molecule has 2 saturated heterocycles. The van der Waals surface area contributed by atoms with Gasteiger partial charge in [-0.2, -0.15) is 5.01 Å². The molecule has 0 bridgehead atoms. The minimum absolute atomic E-state index is 0.0615. The van der Waals surface area contributed by atoms with Crippen molar-refractivity contribution in [2.24, 2.45) is 23.7 Å². The summed E-state index contributed by atoms with van der Waals surface area (Å²) in [7, 11) is 1.53. The number of phenols is 1. The molecule has 0 unspecified atom stereocenters. The number of phenolic OH excluding ortho intramolecular Hbond substituents is 1. The van der Waals surface area contributed by atoms with Crippen LogP contribution in [0.2, 0.25) is 15.1 Å². The minimum Gasteiger partial charge on any atom is -0.504 e. The van der Waals surface area contributed by atoms with Gasteiger partial charge in [-0.3, -0.25) is 29.5 Å². The number of carbonyl (C=O) groups excluding carboxylic acids is 4. The third kappa shape index (κ3) is 5.37. The van der Waals surface area contributed by atoms with Gasteiger partial charge in [0.25, 0.3) is 11.8 Å². The standard InChI is InChI=1S/C41H34Cl3N3O7/c1-3-54-33-6-4-5-28(36(33)48)35-26-16-17-27-34(39(51)46(37(27)49)24-12-9-22(42)10-13-24)29(26)20-30-38(50)47(45-32-18-11-23(43)19-31(32)44)40(52)41(30,35)21-7-14-25(53-2)15-8-21/h4-16,18-19,27,29-30,34-35,45,48H,3,17,20H2,1-2H3/t27-,29+,30-,34-,35+,41+/m0/s1. The molecule has 4 aromatic carbocycles. The Morgan fingerprint density at radius 1 is 0.870 bits per heavy atom. The number of imide groups is 2. The number of aromatic hydroxyl groups is 1. The van der Waals surface area contributed by atoms with E-state index in [1.54, 1.807) is 85.8 Å². The van der Waals surface area contributed by atoms with Gasteiger partial charge in [-0.1, -0.05) is 70.7 Å². The van der Waals surface area contributed by atoms with E-state index in [-0.39, 0.29) is 47.6 Å². The second-order valence-electron chi connectivity index (χ2n) is 13.8. The summed E-state index contributed by atoms with van der Waals surface area (Å²) in [6.07, 6.45) is 2.19. The molecule has 2 aliphatic carbocycles. The molecule has 54 heavy (non-hydrogen) atoms. The molecule has 0 spiro atoms. The molecule has 3 fully saturated rings. The van der Waals surface area contributed by atoms with E-state index in [4.69, 9.17) is 44.3 Å². The van der Waals surface area contributed by atoms with Crippen LogP contribution in [-0.2, 0) is 24.6 Å². The quantitative estimate of drug-likeness (QED) is 0.136. The monoisotopic (exact) mass is 785 g/mol. The molecule has 4 aromatic rings. The molecule has 10 nitrogen and oxygen atoms in total. The van der Waals surface area contributed by atoms with E-state index in [1.807, 2.05) is 6.08 Å². The molecule has 4 amide bonds. The van der Waals surface area contributed by atoms with E-state index in [2.05, 4.69) is 5.43 Å². The van der Waals surface area contributed by atoms with E-state index < -0.39 is 52.7 Å². The number of para-hydroxylation sites is 1. The van der Waals surface area contributed by atoms with Gasteiger partial charge in [-0.25, -0.2) is 0 Å². The highest BCUT2D eigenvalue weighted by Gasteiger charge is 2.70. The average molecular weight is 787 g/mol. The number of halogens is 3. The summed E-state index contributed by atoms with van der Waals surface area (Å²) in [5.41, 5.74) is 3.53. The number of hydrogen-bond acceptors (Lipinski definition) is 8. The number of hydrogen-bond donors (Lipinski definition) is 2. The lowest BCUT2D eigenvalue weighted by molar-refractivity contribution is -0.138. The zero-order valence-electron chi connectivity index (χ0n) is 29.1. The van der Waals surface area contributed by atoms with Crippen molar-refractivity contribution in [2.45, 2.75) is 31.1 Å². The van der Waals surface area contributed by atoms with Crippen LogP contribution < -0.4 is 19.8 Å². The van der Waals surface area contributed by atoms with Crippen LogP contribution in [0.3, 0.4) is 0 Å². The van der Waals surface area contributed by atoms with E-state index >= 15 is 4.79 Å². The Balaban J connectivity index is 1.35. The Morgan fingerprint density at radius 2 is 1.59 bits per heavy atom. The van der Waals surface area contributed by atoms with E-state index in [0.717, 1.165) is 5.01 Å². The van der Waals surface area contributed by atoms with Crippen molar-refractivity contribution >= 4 is 69.8 Å². The third-order valence-electron chi connectivity index (χ3n) is 11.3. The molecule has 2 aliphatic heterocycles. The first-order chi connectivity index (χ1) is 26.0. The van der Waals surface area contributed by atoms with Crippen LogP contribution in [0.5, 0.6) is 17.2 Å². The van der Waals surface area contributed by atoms with Gasteiger partial charge in [0.15, 0.2) is 11.5 Å². The Hall–Kier alpha value is -5.03. The SMILES string of the molecule is CCOc1cccc([C@H]2C3=CC[C@@H]4C(=O)N(c5ccc(Cl)cc5)C(=O)[C@@H]4[C@@H]3C[C@H]3C(=O)N(Nc4ccc(Cl)cc4Cl)C(=O)[C@@]23c2ccc(OC)cc2)c1O. The van der Waals surface area contributed by atoms with Crippen molar-refractivity contribution in [1.29, 1.82) is 0 Å². The maximum Gasteiger partial charge on any atom is 0.260 e. The summed E-state index contributed by atoms with van der Waals surface area (Å²) < 4.78 is 11.3. The smallest absolute Gasteiger partial charge is 0.260 e. The highest BCUT2D eigenvalue weighted by atomic mass is 35.5. The average Bonchev–Trinajstić information content (AvgIpc) is 3.55. The predicted molar refractivity (Wildman–Crippen MR) is 204 cm³/mol. The lowest BCUT2D eigenvalue weighted by atomic mass is 9.49. The largest absolute Gasteiger partial charge is 0.504 e.